The third-order valence-electron chi connectivity index (χ3n) is 16.8. The van der Waals surface area contributed by atoms with E-state index in [1.54, 1.807) is 45.9 Å². The van der Waals surface area contributed by atoms with E-state index in [0.29, 0.717) is 72.5 Å². The van der Waals surface area contributed by atoms with Crippen molar-refractivity contribution in [3.63, 3.8) is 0 Å². The van der Waals surface area contributed by atoms with Crippen LogP contribution in [-0.4, -0.2) is 139 Å². The van der Waals surface area contributed by atoms with E-state index in [4.69, 9.17) is 30.1 Å². The highest BCUT2D eigenvalue weighted by molar-refractivity contribution is 9.10. The van der Waals surface area contributed by atoms with Crippen molar-refractivity contribution in [2.24, 2.45) is 0 Å². The van der Waals surface area contributed by atoms with Crippen molar-refractivity contribution in [2.75, 3.05) is 54.9 Å². The van der Waals surface area contributed by atoms with Gasteiger partial charge in [0.25, 0.3) is 11.8 Å². The summed E-state index contributed by atoms with van der Waals surface area (Å²) < 4.78 is 16.6. The first kappa shape index (κ1) is 62.9. The summed E-state index contributed by atoms with van der Waals surface area (Å²) in [7, 11) is 0. The molecule has 0 radical (unpaired) electrons. The number of amides is 2. The Bertz CT molecular complexity index is 4250. The number of alkyl halides is 1. The lowest BCUT2D eigenvalue weighted by Crippen LogP contribution is -2.45. The lowest BCUT2D eigenvalue weighted by molar-refractivity contribution is -0.136. The molecule has 2 amide bonds. The molecule has 1 atom stereocenters. The van der Waals surface area contributed by atoms with E-state index in [1.807, 2.05) is 24.3 Å². The van der Waals surface area contributed by atoms with Crippen molar-refractivity contribution in [3.05, 3.63) is 188 Å². The molecule has 8 N–H and O–H groups in total. The molecule has 0 saturated carbocycles. The Balaban J connectivity index is 0.000000121. The number of anilines is 4. The number of nitrogens with zero attached hydrogens (tertiary/aromatic N) is 12. The topological polar surface area (TPSA) is 348 Å². The number of carboxylic acid groups (broad SMARTS) is 1. The first-order chi connectivity index (χ1) is 45.8. The van der Waals surface area contributed by atoms with Gasteiger partial charge < -0.3 is 55.9 Å². The van der Waals surface area contributed by atoms with Gasteiger partial charge in [0, 0.05) is 98.1 Å². The highest BCUT2D eigenvalue weighted by Gasteiger charge is 2.33. The van der Waals surface area contributed by atoms with Crippen molar-refractivity contribution in [2.45, 2.75) is 93.7 Å². The van der Waals surface area contributed by atoms with Crippen molar-refractivity contribution in [3.8, 4) is 34.0 Å². The number of hydrogen-bond acceptors (Lipinski definition) is 24. The Morgan fingerprint density at radius 3 is 1.65 bits per heavy atom. The number of thiazole rings is 2. The number of carbonyl (C=O) groups excluding carboxylic acids is 3. The van der Waals surface area contributed by atoms with E-state index < -0.39 is 5.97 Å². The van der Waals surface area contributed by atoms with Crippen LogP contribution in [-0.2, 0) is 83.6 Å². The first-order valence-electron chi connectivity index (χ1n) is 30.7. The van der Waals surface area contributed by atoms with Gasteiger partial charge in [0.2, 0.25) is 29.6 Å². The van der Waals surface area contributed by atoms with E-state index in [9.17, 15) is 19.2 Å². The van der Waals surface area contributed by atoms with Crippen molar-refractivity contribution in [1.82, 2.24) is 65.4 Å². The van der Waals surface area contributed by atoms with E-state index in [1.165, 1.54) is 60.7 Å². The zero-order chi connectivity index (χ0) is 64.7. The van der Waals surface area contributed by atoms with Gasteiger partial charge >= 0.3 is 12.1 Å². The van der Waals surface area contributed by atoms with Gasteiger partial charge in [-0.1, -0.05) is 113 Å². The summed E-state index contributed by atoms with van der Waals surface area (Å²) in [6.45, 7) is 4.15. The predicted molar refractivity (Wildman–Crippen MR) is 355 cm³/mol. The molecule has 1 fully saturated rings. The van der Waals surface area contributed by atoms with Crippen LogP contribution >= 0.6 is 38.6 Å². The number of piperidine rings is 1. The lowest BCUT2D eigenvalue weighted by atomic mass is 9.98. The first-order valence-corrected chi connectivity index (χ1v) is 33.2. The van der Waals surface area contributed by atoms with E-state index in [-0.39, 0.29) is 77.0 Å². The average molecular weight is 1370 g/mol. The summed E-state index contributed by atoms with van der Waals surface area (Å²) in [5.74, 6) is 0.986. The minimum Gasteiger partial charge on any atom is -0.481 e. The molecule has 28 heteroatoms. The number of aromatic nitrogens is 10. The number of hydrogen-bond donors (Lipinski definition) is 6. The van der Waals surface area contributed by atoms with Crippen LogP contribution in [0, 0.1) is 0 Å². The molecule has 10 aromatic rings. The molecule has 16 rings (SSSR count). The normalized spacial score (nSPS) is 16.1. The molecule has 0 spiro atoms. The third kappa shape index (κ3) is 14.9. The monoisotopic (exact) mass is 1370 g/mol. The van der Waals surface area contributed by atoms with E-state index in [2.05, 4.69) is 155 Å². The van der Waals surface area contributed by atoms with Crippen LogP contribution in [0.15, 0.2) is 131 Å². The second kappa shape index (κ2) is 28.5. The summed E-state index contributed by atoms with van der Waals surface area (Å²) in [5, 5.41) is 35.5. The minimum atomic E-state index is -1.02. The molecular formula is C66H64BrN17O8S2. The van der Waals surface area contributed by atoms with Crippen LogP contribution in [0.2, 0.25) is 0 Å². The van der Waals surface area contributed by atoms with E-state index >= 15 is 0 Å². The number of ether oxygens (including phenoxy) is 1. The smallest absolute Gasteiger partial charge is 0.409 e. The number of likely N-dealkylation sites (tertiary alicyclic amines) is 1. The molecule has 3 aliphatic heterocycles. The standard InChI is InChI=1S/C23H22N8O2S.C20H18BrNO3.C17H15N5O3.C6H9N3S/c24-22-28-17-12-31(6-5-18(17)34-22)20(32)9-19-29-30-21(33-19)15-10-25-23(26-11-15)27-16-7-13-3-1-2-4-14(13)8-16;21-18-11-22(10-9-19(18)23)20(24)25-12-17-15-7-3-1-5-13(15)14-6-2-4-8-16(14)17;23-15(24)7-14-21-22-16(25-14)12-8-18-17(19-9-12)20-13-5-10-3-1-2-4-11(10)6-13;7-6-9-4-3-8-2-1-5(4)10-6/h1-4,10-11,16H,5-9,12H2,(H2,24,28)(H,25,26,27);1-8,17-18H,9-12H2;1-4,8-9,13H,5-7H2,(H,23,24)(H,18,19,20);8H,1-3H2,(H2,7,9). The maximum absolute atomic E-state index is 12.7. The number of aliphatic carboxylic acids is 1. The molecular weight excluding hydrogens is 1300 g/mol. The molecule has 0 bridgehead atoms. The Hall–Kier alpha value is -9.90. The van der Waals surface area contributed by atoms with Crippen LogP contribution in [0.4, 0.5) is 27.0 Å². The molecule has 9 heterocycles. The minimum absolute atomic E-state index is 0.0324. The highest BCUT2D eigenvalue weighted by Crippen LogP contribution is 2.45. The zero-order valence-electron chi connectivity index (χ0n) is 50.7. The predicted octanol–water partition coefficient (Wildman–Crippen LogP) is 8.35. The Morgan fingerprint density at radius 2 is 1.13 bits per heavy atom. The second-order valence-electron chi connectivity index (χ2n) is 23.1. The summed E-state index contributed by atoms with van der Waals surface area (Å²) in [6, 6.07) is 33.9. The Morgan fingerprint density at radius 1 is 0.638 bits per heavy atom. The van der Waals surface area contributed by atoms with Crippen LogP contribution in [0.3, 0.4) is 0 Å². The summed E-state index contributed by atoms with van der Waals surface area (Å²) >= 11 is 6.43. The number of rotatable bonds is 12. The molecule has 480 valence electrons. The number of nitrogen functional groups attached to an aromatic ring is 2. The number of benzene rings is 4. The highest BCUT2D eigenvalue weighted by atomic mass is 79.9. The average Bonchev–Trinajstić information content (AvgIpc) is 1.73. The quantitative estimate of drug-likeness (QED) is 0.0625. The van der Waals surface area contributed by atoms with E-state index in [0.717, 1.165) is 67.9 Å². The van der Waals surface area contributed by atoms with Gasteiger partial charge in [0.1, 0.15) is 25.2 Å². The number of halogens is 1. The number of nitrogens with one attached hydrogen (secondary N) is 3. The van der Waals surface area contributed by atoms with Crippen molar-refractivity contribution < 1.29 is 37.9 Å². The van der Waals surface area contributed by atoms with Gasteiger partial charge in [-0.2, -0.15) is 0 Å². The maximum atomic E-state index is 12.7. The number of Topliss-reactive ketones (excluding diaryl/α,β-unsaturated/α-hetero) is 1. The molecule has 25 nitrogen and oxygen atoms in total. The maximum Gasteiger partial charge on any atom is 0.409 e. The molecule has 3 aliphatic carbocycles. The second-order valence-corrected chi connectivity index (χ2v) is 26.5. The van der Waals surface area contributed by atoms with Gasteiger partial charge in [-0.3, -0.25) is 14.4 Å². The molecule has 4 aromatic carbocycles. The largest absolute Gasteiger partial charge is 0.481 e. The molecule has 6 aromatic heterocycles. The van der Waals surface area contributed by atoms with Crippen molar-refractivity contribution >= 4 is 84.5 Å². The molecule has 6 aliphatic rings. The van der Waals surface area contributed by atoms with Crippen LogP contribution < -0.4 is 27.4 Å². The van der Waals surface area contributed by atoms with Crippen LogP contribution in [0.25, 0.3) is 34.0 Å². The molecule has 1 unspecified atom stereocenters. The number of ketones is 1. The summed E-state index contributed by atoms with van der Waals surface area (Å²) in [4.78, 5) is 78.8. The lowest BCUT2D eigenvalue weighted by Gasteiger charge is -2.28. The van der Waals surface area contributed by atoms with Crippen molar-refractivity contribution in [1.29, 1.82) is 0 Å². The Kier molecular flexibility index (Phi) is 19.1. The van der Waals surface area contributed by atoms with Gasteiger partial charge in [-0.05, 0) is 76.6 Å². The fourth-order valence-corrected chi connectivity index (χ4v) is 14.4. The van der Waals surface area contributed by atoms with Gasteiger partial charge in [-0.25, -0.2) is 34.7 Å². The number of carbonyl (C=O) groups is 4. The summed E-state index contributed by atoms with van der Waals surface area (Å²) in [6.07, 6.45) is 11.9. The van der Waals surface area contributed by atoms with Crippen LogP contribution in [0.1, 0.15) is 78.6 Å². The molecule has 1 saturated heterocycles. The van der Waals surface area contributed by atoms with Gasteiger partial charge in [-0.15, -0.1) is 43.1 Å². The zero-order valence-corrected chi connectivity index (χ0v) is 53.9. The van der Waals surface area contributed by atoms with Gasteiger partial charge in [0.05, 0.1) is 33.9 Å². The third-order valence-corrected chi connectivity index (χ3v) is 19.5. The van der Waals surface area contributed by atoms with Gasteiger partial charge in [0.15, 0.2) is 10.3 Å². The number of carboxylic acids is 1. The van der Waals surface area contributed by atoms with Crippen LogP contribution in [0.5, 0.6) is 0 Å². The Labute approximate surface area is 555 Å². The number of fused-ring (bicyclic) bond motifs is 7. The fourth-order valence-electron chi connectivity index (χ4n) is 12.2. The summed E-state index contributed by atoms with van der Waals surface area (Å²) in [5.41, 5.74) is 24.8. The number of nitrogens with two attached hydrogens (primary N) is 2. The fraction of sp³-hybridized carbons (Fsp3) is 0.303. The molecule has 94 heavy (non-hydrogen) atoms. The SMILES string of the molecule is Nc1nc2c(s1)CCN(C(=O)Cc1nnc(-c3cnc(NC4Cc5ccccc5C4)nc3)o1)C2.Nc1nc2c(s1)CCNC2.O=C(O)Cc1nnc(-c2cnc(NC3Cc4ccccc4C3)nc2)o1.O=C1CCN(C(=O)OCC2c3ccccc3-c3ccccc32)CC1Br.